The fourth-order valence-corrected chi connectivity index (χ4v) is 1.64. The molecule has 1 amide bonds. The summed E-state index contributed by atoms with van der Waals surface area (Å²) in [7, 11) is -1.49. The number of hydrogen-bond donors (Lipinski definition) is 1. The Bertz CT molecular complexity index is 348. The van der Waals surface area contributed by atoms with Crippen molar-refractivity contribution in [1.82, 2.24) is 9.71 Å². The third kappa shape index (κ3) is 2.92. The van der Waals surface area contributed by atoms with Crippen molar-refractivity contribution >= 4 is 16.9 Å². The van der Waals surface area contributed by atoms with E-state index in [4.69, 9.17) is 0 Å². The van der Waals surface area contributed by atoms with Crippen LogP contribution in [-0.4, -0.2) is 15.1 Å². The Morgan fingerprint density at radius 3 is 2.71 bits per heavy atom. The van der Waals surface area contributed by atoms with Gasteiger partial charge in [-0.3, -0.25) is 14.5 Å². The maximum absolute atomic E-state index is 11.4. The average molecular weight is 212 g/mol. The summed E-state index contributed by atoms with van der Waals surface area (Å²) in [6, 6.07) is 3.51. The van der Waals surface area contributed by atoms with Crippen LogP contribution in [0.1, 0.15) is 19.5 Å². The van der Waals surface area contributed by atoms with Gasteiger partial charge in [-0.05, 0) is 18.6 Å². The van der Waals surface area contributed by atoms with E-state index in [-0.39, 0.29) is 5.91 Å². The van der Waals surface area contributed by atoms with Gasteiger partial charge in [0.1, 0.15) is 0 Å². The molecular formula is C9H12N2O2S. The number of hydrogen-bond acceptors (Lipinski definition) is 3. The number of carbonyl (C=O) groups excluding carboxylic acids is 1. The number of nitrogens with zero attached hydrogens (tertiary/aromatic N) is 1. The van der Waals surface area contributed by atoms with Crippen molar-refractivity contribution in [2.24, 2.45) is 0 Å². The fraction of sp³-hybridized carbons (Fsp3) is 0.333. The summed E-state index contributed by atoms with van der Waals surface area (Å²) >= 11 is 0. The SMILES string of the molecule is CCc1ccc(S(=O)NC(C)=O)cn1. The Morgan fingerprint density at radius 2 is 2.29 bits per heavy atom. The molecule has 1 aromatic heterocycles. The van der Waals surface area contributed by atoms with Crippen LogP contribution in [0.4, 0.5) is 0 Å². The maximum atomic E-state index is 11.4. The lowest BCUT2D eigenvalue weighted by Gasteiger charge is -2.02. The number of aromatic nitrogens is 1. The molecule has 1 rings (SSSR count). The zero-order valence-electron chi connectivity index (χ0n) is 8.11. The predicted octanol–water partition coefficient (Wildman–Crippen LogP) is 0.803. The van der Waals surface area contributed by atoms with Gasteiger partial charge in [0, 0.05) is 18.8 Å². The first-order valence-corrected chi connectivity index (χ1v) is 5.42. The van der Waals surface area contributed by atoms with E-state index in [9.17, 15) is 9.00 Å². The van der Waals surface area contributed by atoms with Gasteiger partial charge in [-0.25, -0.2) is 4.21 Å². The van der Waals surface area contributed by atoms with Crippen molar-refractivity contribution in [2.75, 3.05) is 0 Å². The molecule has 0 aromatic carbocycles. The minimum atomic E-state index is -1.49. The lowest BCUT2D eigenvalue weighted by atomic mass is 10.3. The maximum Gasteiger partial charge on any atom is 0.228 e. The molecule has 5 heteroatoms. The topological polar surface area (TPSA) is 59.1 Å². The number of rotatable bonds is 3. The van der Waals surface area contributed by atoms with Gasteiger partial charge in [0.2, 0.25) is 5.91 Å². The van der Waals surface area contributed by atoms with Gasteiger partial charge in [-0.1, -0.05) is 6.92 Å². The van der Waals surface area contributed by atoms with Gasteiger partial charge in [-0.2, -0.15) is 0 Å². The van der Waals surface area contributed by atoms with Crippen molar-refractivity contribution in [3.05, 3.63) is 24.0 Å². The first kappa shape index (κ1) is 10.8. The van der Waals surface area contributed by atoms with Crippen LogP contribution in [0.2, 0.25) is 0 Å². The minimum Gasteiger partial charge on any atom is -0.274 e. The van der Waals surface area contributed by atoms with E-state index in [1.807, 2.05) is 6.92 Å². The molecule has 0 radical (unpaired) electrons. The van der Waals surface area contributed by atoms with E-state index >= 15 is 0 Å². The smallest absolute Gasteiger partial charge is 0.228 e. The number of pyridine rings is 1. The zero-order chi connectivity index (χ0) is 10.6. The Labute approximate surface area is 85.3 Å². The quantitative estimate of drug-likeness (QED) is 0.806. The zero-order valence-corrected chi connectivity index (χ0v) is 8.93. The van der Waals surface area contributed by atoms with Crippen molar-refractivity contribution in [2.45, 2.75) is 25.2 Å². The second-order valence-corrected chi connectivity index (χ2v) is 3.98. The number of aryl methyl sites for hydroxylation is 1. The first-order valence-electron chi connectivity index (χ1n) is 4.27. The molecule has 0 spiro atoms. The highest BCUT2D eigenvalue weighted by molar-refractivity contribution is 7.83. The van der Waals surface area contributed by atoms with Gasteiger partial charge in [0.15, 0.2) is 11.0 Å². The van der Waals surface area contributed by atoms with E-state index in [1.54, 1.807) is 12.1 Å². The van der Waals surface area contributed by atoms with Crippen molar-refractivity contribution < 1.29 is 9.00 Å². The number of carbonyl (C=O) groups is 1. The molecule has 1 unspecified atom stereocenters. The van der Waals surface area contributed by atoms with Crippen LogP contribution in [-0.2, 0) is 22.2 Å². The lowest BCUT2D eigenvalue weighted by molar-refractivity contribution is -0.117. The van der Waals surface area contributed by atoms with E-state index in [0.29, 0.717) is 4.90 Å². The summed E-state index contributed by atoms with van der Waals surface area (Å²) in [5.41, 5.74) is 0.938. The Kier molecular flexibility index (Phi) is 3.76. The van der Waals surface area contributed by atoms with Crippen molar-refractivity contribution in [1.29, 1.82) is 0 Å². The number of amides is 1. The summed E-state index contributed by atoms with van der Waals surface area (Å²) in [4.78, 5) is 15.2. The molecule has 14 heavy (non-hydrogen) atoms. The highest BCUT2D eigenvalue weighted by Gasteiger charge is 2.04. The van der Waals surface area contributed by atoms with Crippen LogP contribution in [0, 0.1) is 0 Å². The van der Waals surface area contributed by atoms with Gasteiger partial charge in [0.25, 0.3) is 0 Å². The molecule has 76 valence electrons. The van der Waals surface area contributed by atoms with Crippen molar-refractivity contribution in [3.63, 3.8) is 0 Å². The average Bonchev–Trinajstić information content (AvgIpc) is 2.17. The molecule has 4 nitrogen and oxygen atoms in total. The monoisotopic (exact) mass is 212 g/mol. The second kappa shape index (κ2) is 4.85. The van der Waals surface area contributed by atoms with Crippen LogP contribution in [0.3, 0.4) is 0 Å². The Balaban J connectivity index is 2.76. The lowest BCUT2D eigenvalue weighted by Crippen LogP contribution is -2.22. The predicted molar refractivity (Wildman–Crippen MR) is 53.8 cm³/mol. The largest absolute Gasteiger partial charge is 0.274 e. The molecule has 0 aliphatic carbocycles. The van der Waals surface area contributed by atoms with Crippen LogP contribution >= 0.6 is 0 Å². The van der Waals surface area contributed by atoms with E-state index < -0.39 is 11.0 Å². The fourth-order valence-electron chi connectivity index (χ4n) is 0.919. The molecular weight excluding hydrogens is 200 g/mol. The third-order valence-corrected chi connectivity index (χ3v) is 2.75. The molecule has 0 aliphatic heterocycles. The van der Waals surface area contributed by atoms with Gasteiger partial charge in [0.05, 0.1) is 4.90 Å². The van der Waals surface area contributed by atoms with Gasteiger partial charge < -0.3 is 0 Å². The summed E-state index contributed by atoms with van der Waals surface area (Å²) in [6.45, 7) is 3.32. The molecule has 0 fully saturated rings. The molecule has 0 saturated carbocycles. The summed E-state index contributed by atoms with van der Waals surface area (Å²) in [5, 5.41) is 0. The van der Waals surface area contributed by atoms with E-state index in [1.165, 1.54) is 13.1 Å². The molecule has 0 saturated heterocycles. The highest BCUT2D eigenvalue weighted by Crippen LogP contribution is 2.04. The second-order valence-electron chi connectivity index (χ2n) is 2.77. The van der Waals surface area contributed by atoms with E-state index in [0.717, 1.165) is 12.1 Å². The molecule has 1 atom stereocenters. The standard InChI is InChI=1S/C9H12N2O2S/c1-3-8-4-5-9(6-10-8)14(13)11-7(2)12/h4-6H,3H2,1-2H3,(H,11,12). The highest BCUT2D eigenvalue weighted by atomic mass is 32.2. The Morgan fingerprint density at radius 1 is 1.57 bits per heavy atom. The normalized spacial score (nSPS) is 12.1. The van der Waals surface area contributed by atoms with E-state index in [2.05, 4.69) is 9.71 Å². The minimum absolute atomic E-state index is 0.317. The summed E-state index contributed by atoms with van der Waals surface area (Å²) < 4.78 is 13.7. The summed E-state index contributed by atoms with van der Waals surface area (Å²) in [6.07, 6.45) is 2.36. The molecule has 1 aromatic rings. The van der Waals surface area contributed by atoms with Crippen LogP contribution in [0.5, 0.6) is 0 Å². The van der Waals surface area contributed by atoms with Crippen LogP contribution in [0.15, 0.2) is 23.2 Å². The molecule has 1 heterocycles. The summed E-state index contributed by atoms with van der Waals surface area (Å²) in [5.74, 6) is -0.317. The van der Waals surface area contributed by atoms with Crippen LogP contribution < -0.4 is 4.72 Å². The molecule has 0 aliphatic rings. The number of nitrogens with one attached hydrogen (secondary N) is 1. The van der Waals surface area contributed by atoms with Crippen molar-refractivity contribution in [3.8, 4) is 0 Å². The third-order valence-electron chi connectivity index (χ3n) is 1.61. The van der Waals surface area contributed by atoms with Gasteiger partial charge >= 0.3 is 0 Å². The van der Waals surface area contributed by atoms with Gasteiger partial charge in [-0.15, -0.1) is 0 Å². The first-order chi connectivity index (χ1) is 6.63. The van der Waals surface area contributed by atoms with Crippen LogP contribution in [0.25, 0.3) is 0 Å². The molecule has 0 bridgehead atoms. The Hall–Kier alpha value is -1.23. The molecule has 1 N–H and O–H groups in total.